The van der Waals surface area contributed by atoms with E-state index in [2.05, 4.69) is 120 Å². The summed E-state index contributed by atoms with van der Waals surface area (Å²) in [6.45, 7) is 30.2. The zero-order valence-corrected chi connectivity index (χ0v) is 21.4. The van der Waals surface area contributed by atoms with Gasteiger partial charge in [-0.25, -0.2) is 0 Å². The smallest absolute Gasteiger partial charge is 0.0129 e. The Labute approximate surface area is 181 Å². The van der Waals surface area contributed by atoms with Crippen LogP contribution in [0.5, 0.6) is 0 Å². The molecule has 0 fully saturated rings. The van der Waals surface area contributed by atoms with Crippen LogP contribution in [0.1, 0.15) is 111 Å². The summed E-state index contributed by atoms with van der Waals surface area (Å²) in [6, 6.07) is 12.1. The molecule has 0 radical (unpaired) electrons. The van der Waals surface area contributed by atoms with Crippen molar-refractivity contribution in [2.75, 3.05) is 0 Å². The Morgan fingerprint density at radius 2 is 0.724 bits per heavy atom. The Hall–Kier alpha value is -1.56. The Kier molecular flexibility index (Phi) is 5.96. The van der Waals surface area contributed by atoms with Crippen LogP contribution in [0.4, 0.5) is 0 Å². The quantitative estimate of drug-likeness (QED) is 0.454. The normalized spacial score (nSPS) is 13.7. The second-order valence-electron chi connectivity index (χ2n) is 13.0. The summed E-state index contributed by atoms with van der Waals surface area (Å²) in [5.74, 6) is 0. The highest BCUT2D eigenvalue weighted by Gasteiger charge is 2.26. The summed E-state index contributed by atoms with van der Waals surface area (Å²) in [6.07, 6.45) is 0. The summed E-state index contributed by atoms with van der Waals surface area (Å²) >= 11 is 0. The molecule has 0 bridgehead atoms. The lowest BCUT2D eigenvalue weighted by molar-refractivity contribution is 0.561. The summed E-state index contributed by atoms with van der Waals surface area (Å²) in [4.78, 5) is 0. The lowest BCUT2D eigenvalue weighted by atomic mass is 9.74. The van der Waals surface area contributed by atoms with Gasteiger partial charge in [-0.2, -0.15) is 0 Å². The molecule has 0 nitrogen and oxygen atoms in total. The van der Waals surface area contributed by atoms with E-state index in [0.29, 0.717) is 0 Å². The standard InChI is InChI=1S/C29H44/c1-19-24(28(8,9)10)16-21(17-25(19)29(11,12)13)20-14-22(26(2,3)4)18-23(15-20)27(5,6)7/h14-18H,1-13H3. The first-order valence-corrected chi connectivity index (χ1v) is 11.1. The maximum atomic E-state index is 2.44. The van der Waals surface area contributed by atoms with Gasteiger partial charge in [-0.05, 0) is 67.5 Å². The molecule has 0 unspecified atom stereocenters. The highest BCUT2D eigenvalue weighted by atomic mass is 14.3. The number of benzene rings is 2. The van der Waals surface area contributed by atoms with Crippen LogP contribution in [0.25, 0.3) is 11.1 Å². The monoisotopic (exact) mass is 392 g/mol. The molecule has 160 valence electrons. The summed E-state index contributed by atoms with van der Waals surface area (Å²) in [7, 11) is 0. The van der Waals surface area contributed by atoms with E-state index in [4.69, 9.17) is 0 Å². The van der Waals surface area contributed by atoms with E-state index in [0.717, 1.165) is 0 Å². The Morgan fingerprint density at radius 1 is 0.414 bits per heavy atom. The Morgan fingerprint density at radius 3 is 1.00 bits per heavy atom. The molecule has 2 aromatic carbocycles. The van der Waals surface area contributed by atoms with E-state index >= 15 is 0 Å². The predicted molar refractivity (Wildman–Crippen MR) is 131 cm³/mol. The lowest BCUT2D eigenvalue weighted by Crippen LogP contribution is -2.20. The van der Waals surface area contributed by atoms with Gasteiger partial charge in [-0.15, -0.1) is 0 Å². The van der Waals surface area contributed by atoms with Crippen LogP contribution >= 0.6 is 0 Å². The zero-order chi connectivity index (χ0) is 22.6. The molecule has 2 rings (SSSR count). The summed E-state index contributed by atoms with van der Waals surface area (Å²) in [5.41, 5.74) is 10.4. The van der Waals surface area contributed by atoms with E-state index in [1.807, 2.05) is 0 Å². The molecule has 0 saturated heterocycles. The molecular formula is C29H44. The van der Waals surface area contributed by atoms with E-state index < -0.39 is 0 Å². The van der Waals surface area contributed by atoms with Crippen molar-refractivity contribution in [1.29, 1.82) is 0 Å². The molecule has 0 saturated carbocycles. The van der Waals surface area contributed by atoms with E-state index in [-0.39, 0.29) is 21.7 Å². The fraction of sp³-hybridized carbons (Fsp3) is 0.586. The average Bonchev–Trinajstić information content (AvgIpc) is 2.50. The van der Waals surface area contributed by atoms with Crippen LogP contribution < -0.4 is 0 Å². The molecular weight excluding hydrogens is 348 g/mol. The van der Waals surface area contributed by atoms with Crippen LogP contribution in [0, 0.1) is 6.92 Å². The van der Waals surface area contributed by atoms with Crippen LogP contribution in [-0.4, -0.2) is 0 Å². The fourth-order valence-corrected chi connectivity index (χ4v) is 4.10. The van der Waals surface area contributed by atoms with Gasteiger partial charge >= 0.3 is 0 Å². The summed E-state index contributed by atoms with van der Waals surface area (Å²) in [5, 5.41) is 0. The minimum absolute atomic E-state index is 0.120. The first kappa shape index (κ1) is 23.7. The second-order valence-corrected chi connectivity index (χ2v) is 13.0. The Balaban J connectivity index is 2.90. The van der Waals surface area contributed by atoms with E-state index in [1.54, 1.807) is 0 Å². The van der Waals surface area contributed by atoms with Gasteiger partial charge < -0.3 is 0 Å². The van der Waals surface area contributed by atoms with Crippen LogP contribution in [0.3, 0.4) is 0 Å². The molecule has 0 spiro atoms. The number of rotatable bonds is 1. The van der Waals surface area contributed by atoms with E-state index in [9.17, 15) is 0 Å². The maximum absolute atomic E-state index is 2.44. The average molecular weight is 393 g/mol. The minimum Gasteiger partial charge on any atom is -0.0561 e. The van der Waals surface area contributed by atoms with Gasteiger partial charge in [0.1, 0.15) is 0 Å². The molecule has 0 aliphatic carbocycles. The molecule has 29 heavy (non-hydrogen) atoms. The topological polar surface area (TPSA) is 0 Å². The third kappa shape index (κ3) is 5.33. The van der Waals surface area contributed by atoms with Gasteiger partial charge in [0.25, 0.3) is 0 Å². The van der Waals surface area contributed by atoms with Crippen molar-refractivity contribution in [1.82, 2.24) is 0 Å². The molecule has 0 amide bonds. The molecule has 0 heterocycles. The van der Waals surface area contributed by atoms with Gasteiger partial charge in [-0.3, -0.25) is 0 Å². The zero-order valence-electron chi connectivity index (χ0n) is 21.4. The maximum Gasteiger partial charge on any atom is -0.0129 e. The molecule has 0 aromatic heterocycles. The largest absolute Gasteiger partial charge is 0.0561 e. The van der Waals surface area contributed by atoms with Gasteiger partial charge in [0.2, 0.25) is 0 Å². The molecule has 0 N–H and O–H groups in total. The highest BCUT2D eigenvalue weighted by Crippen LogP contribution is 2.39. The van der Waals surface area contributed by atoms with Gasteiger partial charge in [0.05, 0.1) is 0 Å². The van der Waals surface area contributed by atoms with Crippen molar-refractivity contribution < 1.29 is 0 Å². The van der Waals surface area contributed by atoms with Crippen molar-refractivity contribution in [2.24, 2.45) is 0 Å². The molecule has 2 aromatic rings. The molecule has 0 heteroatoms. The van der Waals surface area contributed by atoms with Crippen molar-refractivity contribution in [3.8, 4) is 11.1 Å². The van der Waals surface area contributed by atoms with Crippen molar-refractivity contribution in [3.05, 3.63) is 58.1 Å². The van der Waals surface area contributed by atoms with Gasteiger partial charge in [0.15, 0.2) is 0 Å². The number of hydrogen-bond acceptors (Lipinski definition) is 0. The Bertz CT molecular complexity index is 814. The highest BCUT2D eigenvalue weighted by molar-refractivity contribution is 5.70. The predicted octanol–water partition coefficient (Wildman–Crippen LogP) is 8.85. The SMILES string of the molecule is Cc1c(C(C)(C)C)cc(-c2cc(C(C)(C)C)cc(C(C)(C)C)c2)cc1C(C)(C)C. The van der Waals surface area contributed by atoms with Crippen LogP contribution in [0.15, 0.2) is 30.3 Å². The molecule has 0 aliphatic heterocycles. The van der Waals surface area contributed by atoms with Crippen molar-refractivity contribution >= 4 is 0 Å². The van der Waals surface area contributed by atoms with Gasteiger partial charge in [0, 0.05) is 0 Å². The minimum atomic E-state index is 0.120. The van der Waals surface area contributed by atoms with E-state index in [1.165, 1.54) is 38.9 Å². The van der Waals surface area contributed by atoms with Crippen LogP contribution in [-0.2, 0) is 21.7 Å². The third-order valence-electron chi connectivity index (χ3n) is 6.02. The molecule has 0 aliphatic rings. The third-order valence-corrected chi connectivity index (χ3v) is 6.02. The van der Waals surface area contributed by atoms with Crippen LogP contribution in [0.2, 0.25) is 0 Å². The van der Waals surface area contributed by atoms with Gasteiger partial charge in [-0.1, -0.05) is 113 Å². The van der Waals surface area contributed by atoms with Crippen molar-refractivity contribution in [3.63, 3.8) is 0 Å². The lowest BCUT2D eigenvalue weighted by Gasteiger charge is -2.31. The fourth-order valence-electron chi connectivity index (χ4n) is 4.10. The molecule has 0 atom stereocenters. The first-order chi connectivity index (χ1) is 12.8. The van der Waals surface area contributed by atoms with Crippen molar-refractivity contribution in [2.45, 2.75) is 112 Å². The second kappa shape index (κ2) is 7.29. The first-order valence-electron chi connectivity index (χ1n) is 11.1. The summed E-state index contributed by atoms with van der Waals surface area (Å²) < 4.78 is 0. The number of hydrogen-bond donors (Lipinski definition) is 0.